The van der Waals surface area contributed by atoms with Gasteiger partial charge in [-0.2, -0.15) is 0 Å². The van der Waals surface area contributed by atoms with E-state index < -0.39 is 5.97 Å². The number of rotatable bonds is 24. The van der Waals surface area contributed by atoms with Gasteiger partial charge in [0.15, 0.2) is 6.73 Å². The highest BCUT2D eigenvalue weighted by molar-refractivity contribution is 7.17. The van der Waals surface area contributed by atoms with Gasteiger partial charge in [0.1, 0.15) is 5.75 Å². The Hall–Kier alpha value is -3.89. The molecule has 52 heavy (non-hydrogen) atoms. The standard InChI is InChI=1S/C42H57N3O6S/c46-40-23-21-34-20-22-35(50-30-14-13-25-43-26-28-44(29-27-43)37-16-15-17-39-36(37)24-31-52-39)32-38(34)45(40)33-51-42(49)19-12-10-8-6-4-2-1-3-5-7-9-11-18-41(47)48/h15-17,20-24,31-32H,1-14,18-19,25-30,33H2,(H,47,48). The van der Waals surface area contributed by atoms with E-state index in [4.69, 9.17) is 14.6 Å². The zero-order chi connectivity index (χ0) is 36.4. The number of carbonyl (C=O) groups is 2. The van der Waals surface area contributed by atoms with Gasteiger partial charge in [0.2, 0.25) is 0 Å². The predicted molar refractivity (Wildman–Crippen MR) is 212 cm³/mol. The summed E-state index contributed by atoms with van der Waals surface area (Å²) in [4.78, 5) is 40.9. The summed E-state index contributed by atoms with van der Waals surface area (Å²) in [6, 6.07) is 17.9. The minimum absolute atomic E-state index is 0.103. The molecule has 2 aromatic carbocycles. The molecule has 0 bridgehead atoms. The first-order valence-electron chi connectivity index (χ1n) is 19.6. The van der Waals surface area contributed by atoms with Crippen LogP contribution < -0.4 is 15.2 Å². The van der Waals surface area contributed by atoms with Gasteiger partial charge in [0, 0.05) is 66.9 Å². The van der Waals surface area contributed by atoms with Crippen LogP contribution in [0.5, 0.6) is 5.75 Å². The van der Waals surface area contributed by atoms with Crippen LogP contribution in [0.25, 0.3) is 21.0 Å². The normalized spacial score (nSPS) is 13.6. The van der Waals surface area contributed by atoms with Crippen molar-refractivity contribution in [3.63, 3.8) is 0 Å². The second-order valence-electron chi connectivity index (χ2n) is 14.1. The highest BCUT2D eigenvalue weighted by atomic mass is 32.1. The van der Waals surface area contributed by atoms with Gasteiger partial charge < -0.3 is 19.5 Å². The molecule has 1 saturated heterocycles. The maximum absolute atomic E-state index is 12.8. The average molecular weight is 732 g/mol. The van der Waals surface area contributed by atoms with Gasteiger partial charge in [-0.1, -0.05) is 70.3 Å². The highest BCUT2D eigenvalue weighted by Crippen LogP contribution is 2.31. The van der Waals surface area contributed by atoms with Crippen molar-refractivity contribution in [2.75, 3.05) is 44.2 Å². The number of carboxylic acids is 1. The minimum Gasteiger partial charge on any atom is -0.494 e. The number of esters is 1. The number of anilines is 1. The molecule has 0 aliphatic carbocycles. The number of aromatic nitrogens is 1. The van der Waals surface area contributed by atoms with Gasteiger partial charge in [-0.3, -0.25) is 23.9 Å². The molecule has 3 heterocycles. The van der Waals surface area contributed by atoms with Crippen molar-refractivity contribution in [1.82, 2.24) is 9.47 Å². The molecule has 0 unspecified atom stereocenters. The number of carboxylic acid groups (broad SMARTS) is 1. The number of hydrogen-bond acceptors (Lipinski definition) is 8. The van der Waals surface area contributed by atoms with Crippen molar-refractivity contribution >= 4 is 50.0 Å². The lowest BCUT2D eigenvalue weighted by atomic mass is 10.0. The predicted octanol–water partition coefficient (Wildman–Crippen LogP) is 9.24. The van der Waals surface area contributed by atoms with Crippen LogP contribution in [-0.2, 0) is 21.1 Å². The third-order valence-corrected chi connectivity index (χ3v) is 11.0. The van der Waals surface area contributed by atoms with Crippen LogP contribution in [0.3, 0.4) is 0 Å². The Balaban J connectivity index is 0.929. The third kappa shape index (κ3) is 12.7. The average Bonchev–Trinajstić information content (AvgIpc) is 3.64. The number of hydrogen-bond donors (Lipinski definition) is 1. The molecule has 0 atom stereocenters. The van der Waals surface area contributed by atoms with Crippen molar-refractivity contribution in [3.05, 3.63) is 70.3 Å². The SMILES string of the molecule is O=C(O)CCCCCCCCCCCCCCC(=O)OCn1c(=O)ccc2ccc(OCCCCN3CCN(c4cccc5sccc45)CC3)cc21. The van der Waals surface area contributed by atoms with Crippen molar-refractivity contribution in [1.29, 1.82) is 0 Å². The van der Waals surface area contributed by atoms with Crippen LogP contribution in [0.1, 0.15) is 103 Å². The summed E-state index contributed by atoms with van der Waals surface area (Å²) in [5.74, 6) is -0.264. The molecule has 1 fully saturated rings. The van der Waals surface area contributed by atoms with Crippen molar-refractivity contribution in [2.45, 2.75) is 109 Å². The lowest BCUT2D eigenvalue weighted by molar-refractivity contribution is -0.147. The molecule has 4 aromatic rings. The maximum atomic E-state index is 12.8. The van der Waals surface area contributed by atoms with Gasteiger partial charge in [-0.15, -0.1) is 11.3 Å². The van der Waals surface area contributed by atoms with Crippen molar-refractivity contribution in [3.8, 4) is 5.75 Å². The van der Waals surface area contributed by atoms with E-state index in [2.05, 4.69) is 39.4 Å². The first-order valence-corrected chi connectivity index (χ1v) is 20.4. The van der Waals surface area contributed by atoms with E-state index in [1.54, 1.807) is 17.4 Å². The molecule has 9 nitrogen and oxygen atoms in total. The number of carbonyl (C=O) groups excluding carboxylic acids is 1. The Kier molecular flexibility index (Phi) is 16.3. The van der Waals surface area contributed by atoms with Crippen LogP contribution in [-0.4, -0.2) is 65.8 Å². The lowest BCUT2D eigenvalue weighted by Gasteiger charge is -2.36. The zero-order valence-electron chi connectivity index (χ0n) is 30.8. The van der Waals surface area contributed by atoms with Crippen LogP contribution in [0.2, 0.25) is 0 Å². The van der Waals surface area contributed by atoms with Crippen LogP contribution in [0.4, 0.5) is 5.69 Å². The number of piperazine rings is 1. The molecular weight excluding hydrogens is 675 g/mol. The Morgan fingerprint density at radius 1 is 0.731 bits per heavy atom. The molecule has 1 aliphatic rings. The number of nitrogens with zero attached hydrogens (tertiary/aromatic N) is 3. The summed E-state index contributed by atoms with van der Waals surface area (Å²) in [5, 5.41) is 13.1. The lowest BCUT2D eigenvalue weighted by Crippen LogP contribution is -2.46. The quantitative estimate of drug-likeness (QED) is 0.0563. The van der Waals surface area contributed by atoms with Gasteiger partial charge in [0.25, 0.3) is 5.56 Å². The van der Waals surface area contributed by atoms with E-state index >= 15 is 0 Å². The molecular formula is C42H57N3O6S. The van der Waals surface area contributed by atoms with Crippen LogP contribution in [0, 0.1) is 0 Å². The van der Waals surface area contributed by atoms with Crippen molar-refractivity contribution in [2.24, 2.45) is 0 Å². The molecule has 1 N–H and O–H groups in total. The topological polar surface area (TPSA) is 101 Å². The highest BCUT2D eigenvalue weighted by Gasteiger charge is 2.18. The molecule has 2 aromatic heterocycles. The largest absolute Gasteiger partial charge is 0.494 e. The Bertz CT molecular complexity index is 1740. The Morgan fingerprint density at radius 2 is 1.40 bits per heavy atom. The number of unbranched alkanes of at least 4 members (excludes halogenated alkanes) is 12. The first kappa shape index (κ1) is 39.3. The number of pyridine rings is 1. The molecule has 0 spiro atoms. The first-order chi connectivity index (χ1) is 25.5. The molecule has 0 amide bonds. The van der Waals surface area contributed by atoms with E-state index in [0.717, 1.165) is 89.5 Å². The smallest absolute Gasteiger partial charge is 0.307 e. The Morgan fingerprint density at radius 3 is 2.12 bits per heavy atom. The molecule has 0 saturated carbocycles. The van der Waals surface area contributed by atoms with E-state index in [1.807, 2.05) is 18.2 Å². The summed E-state index contributed by atoms with van der Waals surface area (Å²) in [6.07, 6.45) is 15.8. The summed E-state index contributed by atoms with van der Waals surface area (Å²) < 4.78 is 14.5. The van der Waals surface area contributed by atoms with Crippen molar-refractivity contribution < 1.29 is 24.2 Å². The fourth-order valence-corrected chi connectivity index (χ4v) is 7.91. The molecule has 282 valence electrons. The summed E-state index contributed by atoms with van der Waals surface area (Å²) in [7, 11) is 0. The van der Waals surface area contributed by atoms with Gasteiger partial charge in [-0.05, 0) is 79.4 Å². The molecule has 0 radical (unpaired) electrons. The maximum Gasteiger partial charge on any atom is 0.307 e. The Labute approximate surface area is 312 Å². The molecule has 1 aliphatic heterocycles. The third-order valence-electron chi connectivity index (χ3n) is 10.2. The van der Waals surface area contributed by atoms with Gasteiger partial charge in [-0.25, -0.2) is 0 Å². The van der Waals surface area contributed by atoms with Gasteiger partial charge >= 0.3 is 11.9 Å². The van der Waals surface area contributed by atoms with Crippen LogP contribution in [0.15, 0.2) is 64.8 Å². The van der Waals surface area contributed by atoms with E-state index in [-0.39, 0.29) is 24.7 Å². The number of aliphatic carboxylic acids is 1. The van der Waals surface area contributed by atoms with E-state index in [1.165, 1.54) is 64.9 Å². The van der Waals surface area contributed by atoms with E-state index in [0.29, 0.717) is 24.3 Å². The summed E-state index contributed by atoms with van der Waals surface area (Å²) in [5.41, 5.74) is 1.85. The summed E-state index contributed by atoms with van der Waals surface area (Å²) in [6.45, 7) is 5.78. The zero-order valence-corrected chi connectivity index (χ0v) is 31.6. The second kappa shape index (κ2) is 21.6. The second-order valence-corrected chi connectivity index (χ2v) is 15.0. The van der Waals surface area contributed by atoms with Gasteiger partial charge in [0.05, 0.1) is 12.1 Å². The molecule has 5 rings (SSSR count). The number of ether oxygens (including phenoxy) is 2. The number of fused-ring (bicyclic) bond motifs is 2. The molecule has 10 heteroatoms. The number of benzene rings is 2. The van der Waals surface area contributed by atoms with E-state index in [9.17, 15) is 14.4 Å². The fraction of sp³-hybridized carbons (Fsp3) is 0.548. The van der Waals surface area contributed by atoms with Crippen LogP contribution >= 0.6 is 11.3 Å². The number of thiophene rings is 1. The fourth-order valence-electron chi connectivity index (χ4n) is 7.11. The monoisotopic (exact) mass is 731 g/mol. The summed E-state index contributed by atoms with van der Waals surface area (Å²) >= 11 is 1.80. The minimum atomic E-state index is -0.698.